The first-order chi connectivity index (χ1) is 16.2. The van der Waals surface area contributed by atoms with Gasteiger partial charge in [0.15, 0.2) is 0 Å². The van der Waals surface area contributed by atoms with Crippen LogP contribution < -0.4 is 9.64 Å². The van der Waals surface area contributed by atoms with E-state index in [4.69, 9.17) is 18.6 Å². The molecule has 1 aromatic heterocycles. The van der Waals surface area contributed by atoms with Gasteiger partial charge in [-0.1, -0.05) is 5.10 Å². The fourth-order valence-corrected chi connectivity index (χ4v) is 5.87. The molecule has 1 aromatic carbocycles. The Bertz CT molecular complexity index is 938. The van der Waals surface area contributed by atoms with Crippen molar-refractivity contribution in [2.24, 2.45) is 0 Å². The van der Waals surface area contributed by atoms with E-state index in [1.54, 1.807) is 12.1 Å². The molecule has 5 heterocycles. The Morgan fingerprint density at radius 3 is 2.76 bits per heavy atom. The highest BCUT2D eigenvalue weighted by Gasteiger charge is 2.52. The third-order valence-electron chi connectivity index (χ3n) is 7.64. The van der Waals surface area contributed by atoms with Gasteiger partial charge in [-0.05, 0) is 69.3 Å². The van der Waals surface area contributed by atoms with Gasteiger partial charge in [0, 0.05) is 18.2 Å². The third-order valence-corrected chi connectivity index (χ3v) is 7.64. The summed E-state index contributed by atoms with van der Waals surface area (Å²) in [6.07, 6.45) is 6.44. The molecular weight excluding hydrogens is 427 g/mol. The van der Waals surface area contributed by atoms with Gasteiger partial charge in [0.25, 0.3) is 0 Å². The lowest BCUT2D eigenvalue weighted by Gasteiger charge is -2.46. The van der Waals surface area contributed by atoms with Crippen molar-refractivity contribution >= 4 is 6.01 Å². The van der Waals surface area contributed by atoms with Crippen molar-refractivity contribution < 1.29 is 23.0 Å². The maximum Gasteiger partial charge on any atom is 0.318 e. The maximum atomic E-state index is 14.1. The molecule has 178 valence electrons. The van der Waals surface area contributed by atoms with Crippen LogP contribution in [-0.4, -0.2) is 78.8 Å². The minimum Gasteiger partial charge on any atom is -0.488 e. The van der Waals surface area contributed by atoms with Gasteiger partial charge in [-0.2, -0.15) is 0 Å². The molecule has 4 aliphatic rings. The molecule has 1 spiro atoms. The van der Waals surface area contributed by atoms with E-state index in [0.29, 0.717) is 24.6 Å². The zero-order valence-corrected chi connectivity index (χ0v) is 18.8. The Labute approximate surface area is 193 Å². The van der Waals surface area contributed by atoms with Crippen molar-refractivity contribution in [3.05, 3.63) is 36.0 Å². The zero-order valence-electron chi connectivity index (χ0n) is 18.8. The summed E-state index contributed by atoms with van der Waals surface area (Å²) in [6.45, 7) is 5.76. The van der Waals surface area contributed by atoms with Crippen LogP contribution in [0.4, 0.5) is 10.4 Å². The molecule has 6 rings (SSSR count). The van der Waals surface area contributed by atoms with Crippen LogP contribution in [-0.2, 0) is 9.47 Å². The summed E-state index contributed by atoms with van der Waals surface area (Å²) in [7, 11) is 0. The highest BCUT2D eigenvalue weighted by Crippen LogP contribution is 2.41. The summed E-state index contributed by atoms with van der Waals surface area (Å²) in [5.74, 6) is 0.940. The summed E-state index contributed by atoms with van der Waals surface area (Å²) in [4.78, 5) is 4.62. The first kappa shape index (κ1) is 21.3. The molecule has 2 unspecified atom stereocenters. The van der Waals surface area contributed by atoms with Crippen LogP contribution in [0.3, 0.4) is 0 Å². The van der Waals surface area contributed by atoms with Crippen molar-refractivity contribution in [2.45, 2.75) is 55.8 Å². The van der Waals surface area contributed by atoms with Gasteiger partial charge in [-0.15, -0.1) is 5.10 Å². The Balaban J connectivity index is 1.05. The smallest absolute Gasteiger partial charge is 0.318 e. The van der Waals surface area contributed by atoms with Crippen molar-refractivity contribution in [3.8, 4) is 5.75 Å². The number of rotatable bonds is 5. The molecule has 4 saturated heterocycles. The quantitative estimate of drug-likeness (QED) is 0.677. The van der Waals surface area contributed by atoms with E-state index >= 15 is 0 Å². The topological polar surface area (TPSA) is 73.1 Å². The molecule has 9 heteroatoms. The predicted molar refractivity (Wildman–Crippen MR) is 118 cm³/mol. The molecule has 0 saturated carbocycles. The number of aromatic nitrogens is 2. The van der Waals surface area contributed by atoms with Crippen molar-refractivity contribution in [3.63, 3.8) is 0 Å². The molecular formula is C24H31FN4O4. The molecule has 0 amide bonds. The van der Waals surface area contributed by atoms with E-state index in [9.17, 15) is 4.39 Å². The van der Waals surface area contributed by atoms with Crippen molar-refractivity contribution in [1.82, 2.24) is 15.1 Å². The molecule has 33 heavy (non-hydrogen) atoms. The van der Waals surface area contributed by atoms with Crippen LogP contribution in [0, 0.1) is 5.82 Å². The monoisotopic (exact) mass is 458 g/mol. The first-order valence-corrected chi connectivity index (χ1v) is 12.1. The Hall–Kier alpha value is -2.23. The highest BCUT2D eigenvalue weighted by molar-refractivity contribution is 5.38. The van der Waals surface area contributed by atoms with Gasteiger partial charge < -0.3 is 23.5 Å². The number of nitrogens with zero attached hydrogens (tertiary/aromatic N) is 4. The average molecular weight is 459 g/mol. The van der Waals surface area contributed by atoms with E-state index in [2.05, 4.69) is 20.0 Å². The lowest BCUT2D eigenvalue weighted by molar-refractivity contribution is -0.0216. The number of likely N-dealkylation sites (tertiary alicyclic amines) is 1. The standard InChI is InChI=1S/C24H31FN4O4/c25-18-3-4-22(33-20-2-1-9-30-13-20)21(10-18)17-5-7-28(8-6-17)19-11-24(32-12-19)14-29(15-24)23-27-26-16-31-23/h3-4,10,16-17,19-20H,1-2,5-9,11-15H2. The number of benzene rings is 1. The van der Waals surface area contributed by atoms with Crippen LogP contribution >= 0.6 is 0 Å². The van der Waals surface area contributed by atoms with E-state index in [1.807, 2.05) is 0 Å². The summed E-state index contributed by atoms with van der Waals surface area (Å²) in [5, 5.41) is 7.75. The van der Waals surface area contributed by atoms with Crippen LogP contribution in [0.25, 0.3) is 0 Å². The summed E-state index contributed by atoms with van der Waals surface area (Å²) in [5.41, 5.74) is 0.912. The summed E-state index contributed by atoms with van der Waals surface area (Å²) in [6, 6.07) is 5.97. The number of hydrogen-bond acceptors (Lipinski definition) is 8. The molecule has 2 atom stereocenters. The Morgan fingerprint density at radius 1 is 1.12 bits per heavy atom. The van der Waals surface area contributed by atoms with Crippen LogP contribution in [0.2, 0.25) is 0 Å². The molecule has 0 N–H and O–H groups in total. The van der Waals surface area contributed by atoms with Crippen LogP contribution in [0.15, 0.2) is 29.0 Å². The Kier molecular flexibility index (Phi) is 5.72. The zero-order chi connectivity index (χ0) is 22.3. The third kappa shape index (κ3) is 4.34. The van der Waals surface area contributed by atoms with E-state index in [1.165, 1.54) is 12.5 Å². The van der Waals surface area contributed by atoms with Crippen LogP contribution in [0.1, 0.15) is 43.6 Å². The van der Waals surface area contributed by atoms with Gasteiger partial charge in [-0.25, -0.2) is 4.39 Å². The second kappa shape index (κ2) is 8.85. The maximum absolute atomic E-state index is 14.1. The molecule has 4 fully saturated rings. The number of hydrogen-bond donors (Lipinski definition) is 0. The van der Waals surface area contributed by atoms with Gasteiger partial charge in [-0.3, -0.25) is 4.90 Å². The number of halogens is 1. The molecule has 8 nitrogen and oxygen atoms in total. The lowest BCUT2D eigenvalue weighted by atomic mass is 9.86. The van der Waals surface area contributed by atoms with Gasteiger partial charge in [0.1, 0.15) is 23.3 Å². The SMILES string of the molecule is Fc1ccc(OC2CCCOC2)c(C2CCN(C3COC4(C3)CN(c3nnco3)C4)CC2)c1. The van der Waals surface area contributed by atoms with Crippen molar-refractivity contribution in [1.29, 1.82) is 0 Å². The van der Waals surface area contributed by atoms with E-state index in [0.717, 1.165) is 82.8 Å². The molecule has 2 aromatic rings. The highest BCUT2D eigenvalue weighted by atomic mass is 19.1. The van der Waals surface area contributed by atoms with Gasteiger partial charge in [0.05, 0.1) is 26.3 Å². The summed E-state index contributed by atoms with van der Waals surface area (Å²) >= 11 is 0. The average Bonchev–Trinajstić information content (AvgIpc) is 3.51. The van der Waals surface area contributed by atoms with E-state index < -0.39 is 0 Å². The van der Waals surface area contributed by atoms with Gasteiger partial charge >= 0.3 is 6.01 Å². The minimum absolute atomic E-state index is 0.0593. The fourth-order valence-electron chi connectivity index (χ4n) is 5.87. The second-order valence-corrected chi connectivity index (χ2v) is 9.88. The molecule has 0 radical (unpaired) electrons. The number of anilines is 1. The Morgan fingerprint density at radius 2 is 2.00 bits per heavy atom. The number of ether oxygens (including phenoxy) is 3. The van der Waals surface area contributed by atoms with Crippen molar-refractivity contribution in [2.75, 3.05) is 50.9 Å². The molecule has 4 aliphatic heterocycles. The molecule has 0 bridgehead atoms. The normalized spacial score (nSPS) is 28.2. The lowest BCUT2D eigenvalue weighted by Crippen LogP contribution is -2.62. The molecule has 0 aliphatic carbocycles. The van der Waals surface area contributed by atoms with Gasteiger partial charge in [0.2, 0.25) is 6.39 Å². The van der Waals surface area contributed by atoms with E-state index in [-0.39, 0.29) is 17.5 Å². The largest absolute Gasteiger partial charge is 0.488 e. The summed E-state index contributed by atoms with van der Waals surface area (Å²) < 4.78 is 37.5. The fraction of sp³-hybridized carbons (Fsp3) is 0.667. The number of piperidine rings is 1. The second-order valence-electron chi connectivity index (χ2n) is 9.88. The first-order valence-electron chi connectivity index (χ1n) is 12.1. The van der Waals surface area contributed by atoms with Crippen LogP contribution in [0.5, 0.6) is 5.75 Å². The predicted octanol–water partition coefficient (Wildman–Crippen LogP) is 2.99. The minimum atomic E-state index is -0.193.